The summed E-state index contributed by atoms with van der Waals surface area (Å²) in [6, 6.07) is 9.02. The number of ether oxygens (including phenoxy) is 1. The van der Waals surface area contributed by atoms with Crippen LogP contribution in [0.5, 0.6) is 5.75 Å². The zero-order valence-corrected chi connectivity index (χ0v) is 20.6. The summed E-state index contributed by atoms with van der Waals surface area (Å²) < 4.78 is 44.4. The molecule has 2 saturated heterocycles. The van der Waals surface area contributed by atoms with Crippen LogP contribution in [0.4, 0.5) is 13.2 Å². The van der Waals surface area contributed by atoms with Crippen LogP contribution in [0, 0.1) is 13.8 Å². The highest BCUT2D eigenvalue weighted by Crippen LogP contribution is 2.39. The molecule has 0 radical (unpaired) electrons. The molecule has 190 valence electrons. The second-order valence-electron chi connectivity index (χ2n) is 9.84. The van der Waals surface area contributed by atoms with Crippen LogP contribution in [-0.2, 0) is 6.18 Å². The van der Waals surface area contributed by atoms with Crippen molar-refractivity contribution < 1.29 is 27.8 Å². The van der Waals surface area contributed by atoms with Crippen LogP contribution in [0.2, 0.25) is 0 Å². The maximum atomic E-state index is 13.0. The summed E-state index contributed by atoms with van der Waals surface area (Å²) in [5.41, 5.74) is 3.03. The molecule has 1 amide bonds. The quantitative estimate of drug-likeness (QED) is 0.585. The molecule has 2 aromatic carbocycles. The summed E-state index contributed by atoms with van der Waals surface area (Å²) >= 11 is 0. The fourth-order valence-electron chi connectivity index (χ4n) is 5.33. The molecule has 1 unspecified atom stereocenters. The first-order valence-corrected chi connectivity index (χ1v) is 12.1. The third-order valence-electron chi connectivity index (χ3n) is 7.52. The van der Waals surface area contributed by atoms with E-state index in [2.05, 4.69) is 24.8 Å². The SMILES string of the molecule is Cc1c(OCCC(C)O)ccc([C@H](C)N2C[C@H]3C[C@@H]2CN3C(=O)c2ccc(C(F)(F)F)cc2)c1C. The molecule has 2 heterocycles. The van der Waals surface area contributed by atoms with Gasteiger partial charge in [-0.3, -0.25) is 9.69 Å². The number of hydrogen-bond acceptors (Lipinski definition) is 4. The van der Waals surface area contributed by atoms with Crippen molar-refractivity contribution >= 4 is 5.91 Å². The Morgan fingerprint density at radius 3 is 2.31 bits per heavy atom. The number of amides is 1. The Bertz CT molecular complexity index is 1070. The van der Waals surface area contributed by atoms with Crippen LogP contribution >= 0.6 is 0 Å². The second kappa shape index (κ2) is 9.82. The number of carbonyl (C=O) groups is 1. The van der Waals surface area contributed by atoms with Crippen molar-refractivity contribution in [2.45, 2.75) is 70.9 Å². The van der Waals surface area contributed by atoms with Crippen LogP contribution in [-0.4, -0.2) is 58.7 Å². The van der Waals surface area contributed by atoms with Crippen LogP contribution in [0.3, 0.4) is 0 Å². The minimum Gasteiger partial charge on any atom is -0.493 e. The van der Waals surface area contributed by atoms with Gasteiger partial charge in [0.1, 0.15) is 5.75 Å². The van der Waals surface area contributed by atoms with E-state index in [-0.39, 0.29) is 24.0 Å². The van der Waals surface area contributed by atoms with Gasteiger partial charge in [-0.05, 0) is 81.1 Å². The monoisotopic (exact) mass is 490 g/mol. The van der Waals surface area contributed by atoms with Crippen LogP contribution in [0.15, 0.2) is 36.4 Å². The van der Waals surface area contributed by atoms with Gasteiger partial charge >= 0.3 is 6.18 Å². The average Bonchev–Trinajstić information content (AvgIpc) is 3.41. The minimum absolute atomic E-state index is 0.0572. The first kappa shape index (κ1) is 25.5. The van der Waals surface area contributed by atoms with E-state index in [0.717, 1.165) is 36.4 Å². The molecule has 0 aromatic heterocycles. The standard InChI is InChI=1S/C27H33F3N2O3/c1-16(33)11-12-35-25-10-9-24(17(2)18(25)3)19(4)31-14-23-13-22(31)15-32(23)26(34)20-5-7-21(8-6-20)27(28,29)30/h5-10,16,19,22-23,33H,11-15H2,1-4H3/t16?,19-,22+,23+/m0/s1. The fraction of sp³-hybridized carbons (Fsp3) is 0.519. The summed E-state index contributed by atoms with van der Waals surface area (Å²) in [4.78, 5) is 17.2. The number of halogens is 3. The van der Waals surface area contributed by atoms with E-state index >= 15 is 0 Å². The zero-order valence-electron chi connectivity index (χ0n) is 20.6. The fourth-order valence-corrected chi connectivity index (χ4v) is 5.33. The van der Waals surface area contributed by atoms with Gasteiger partial charge in [0.2, 0.25) is 0 Å². The van der Waals surface area contributed by atoms with E-state index in [9.17, 15) is 23.1 Å². The van der Waals surface area contributed by atoms with Crippen molar-refractivity contribution in [1.29, 1.82) is 0 Å². The van der Waals surface area contributed by atoms with Crippen molar-refractivity contribution in [2.75, 3.05) is 19.7 Å². The molecule has 2 aliphatic rings. The molecule has 0 aliphatic carbocycles. The maximum absolute atomic E-state index is 13.0. The third-order valence-corrected chi connectivity index (χ3v) is 7.52. The third kappa shape index (κ3) is 5.19. The second-order valence-corrected chi connectivity index (χ2v) is 9.84. The highest BCUT2D eigenvalue weighted by molar-refractivity contribution is 5.94. The molecule has 4 rings (SSSR count). The van der Waals surface area contributed by atoms with Crippen LogP contribution in [0.1, 0.15) is 65.3 Å². The Hall–Kier alpha value is -2.58. The number of carbonyl (C=O) groups excluding carboxylic acids is 1. The number of hydrogen-bond donors (Lipinski definition) is 1. The Morgan fingerprint density at radius 1 is 1.06 bits per heavy atom. The van der Waals surface area contributed by atoms with Gasteiger partial charge in [0.25, 0.3) is 5.91 Å². The molecule has 0 saturated carbocycles. The van der Waals surface area contributed by atoms with Gasteiger partial charge in [-0.2, -0.15) is 13.2 Å². The topological polar surface area (TPSA) is 53.0 Å². The predicted molar refractivity (Wildman–Crippen MR) is 128 cm³/mol. The van der Waals surface area contributed by atoms with Gasteiger partial charge in [-0.1, -0.05) is 6.07 Å². The number of benzene rings is 2. The number of aliphatic hydroxyl groups is 1. The number of aliphatic hydroxyl groups excluding tert-OH is 1. The largest absolute Gasteiger partial charge is 0.493 e. The van der Waals surface area contributed by atoms with Crippen LogP contribution < -0.4 is 4.74 Å². The first-order valence-electron chi connectivity index (χ1n) is 12.1. The first-order chi connectivity index (χ1) is 16.5. The van der Waals surface area contributed by atoms with E-state index < -0.39 is 17.8 Å². The molecule has 2 fully saturated rings. The summed E-state index contributed by atoms with van der Waals surface area (Å²) in [5, 5.41) is 9.45. The predicted octanol–water partition coefficient (Wildman–Crippen LogP) is 5.13. The van der Waals surface area contributed by atoms with Crippen molar-refractivity contribution in [1.82, 2.24) is 9.80 Å². The zero-order chi connectivity index (χ0) is 25.5. The van der Waals surface area contributed by atoms with E-state index in [4.69, 9.17) is 4.74 Å². The highest BCUT2D eigenvalue weighted by Gasteiger charge is 2.47. The summed E-state index contributed by atoms with van der Waals surface area (Å²) in [6.07, 6.45) is -3.36. The van der Waals surface area contributed by atoms with Gasteiger partial charge in [0.15, 0.2) is 0 Å². The lowest BCUT2D eigenvalue weighted by Crippen LogP contribution is -2.49. The minimum atomic E-state index is -4.41. The number of nitrogens with zero attached hydrogens (tertiary/aromatic N) is 2. The van der Waals surface area contributed by atoms with Crippen molar-refractivity contribution in [3.05, 3.63) is 64.2 Å². The van der Waals surface area contributed by atoms with Crippen molar-refractivity contribution in [3.63, 3.8) is 0 Å². The molecule has 8 heteroatoms. The molecule has 4 atom stereocenters. The molecule has 2 bridgehead atoms. The summed E-state index contributed by atoms with van der Waals surface area (Å²) in [7, 11) is 0. The smallest absolute Gasteiger partial charge is 0.416 e. The van der Waals surface area contributed by atoms with Crippen molar-refractivity contribution in [3.8, 4) is 5.75 Å². The Kier molecular flexibility index (Phi) is 7.16. The molecule has 2 aromatic rings. The number of alkyl halides is 3. The molecular formula is C27H33F3N2O3. The lowest BCUT2D eigenvalue weighted by molar-refractivity contribution is -0.137. The van der Waals surface area contributed by atoms with Gasteiger partial charge in [-0.25, -0.2) is 0 Å². The molecule has 35 heavy (non-hydrogen) atoms. The molecular weight excluding hydrogens is 457 g/mol. The van der Waals surface area contributed by atoms with E-state index in [1.54, 1.807) is 6.92 Å². The molecule has 0 spiro atoms. The van der Waals surface area contributed by atoms with Gasteiger partial charge < -0.3 is 14.7 Å². The number of fused-ring (bicyclic) bond motifs is 2. The van der Waals surface area contributed by atoms with Crippen LogP contribution in [0.25, 0.3) is 0 Å². The number of piperazine rings is 1. The van der Waals surface area contributed by atoms with E-state index in [0.29, 0.717) is 25.1 Å². The number of likely N-dealkylation sites (tertiary alicyclic amines) is 2. The van der Waals surface area contributed by atoms with E-state index in [1.165, 1.54) is 23.3 Å². The Balaban J connectivity index is 1.41. The van der Waals surface area contributed by atoms with Gasteiger partial charge in [0.05, 0.1) is 18.3 Å². The normalized spacial score (nSPS) is 21.9. The highest BCUT2D eigenvalue weighted by atomic mass is 19.4. The lowest BCUT2D eigenvalue weighted by atomic mass is 9.96. The number of rotatable bonds is 7. The van der Waals surface area contributed by atoms with Gasteiger partial charge in [-0.15, -0.1) is 0 Å². The van der Waals surface area contributed by atoms with Crippen molar-refractivity contribution in [2.24, 2.45) is 0 Å². The molecule has 1 N–H and O–H groups in total. The Morgan fingerprint density at radius 2 is 1.74 bits per heavy atom. The summed E-state index contributed by atoms with van der Waals surface area (Å²) in [5.74, 6) is 0.625. The average molecular weight is 491 g/mol. The lowest BCUT2D eigenvalue weighted by Gasteiger charge is -2.38. The molecule has 2 aliphatic heterocycles. The van der Waals surface area contributed by atoms with E-state index in [1.807, 2.05) is 17.9 Å². The molecule has 5 nitrogen and oxygen atoms in total. The summed E-state index contributed by atoms with van der Waals surface area (Å²) in [6.45, 7) is 9.84. The maximum Gasteiger partial charge on any atom is 0.416 e. The van der Waals surface area contributed by atoms with Gasteiger partial charge in [0, 0.05) is 43.2 Å². The Labute approximate surface area is 204 Å².